The number of benzene rings is 5. The molecule has 2 nitrogen and oxygen atoms in total. The molecule has 2 aliphatic carbocycles. The maximum Gasteiger partial charge on any atom is 0.0991 e. The lowest BCUT2D eigenvalue weighted by Gasteiger charge is -2.36. The van der Waals surface area contributed by atoms with Crippen LogP contribution >= 0.6 is 0 Å². The normalized spacial score (nSPS) is 19.1. The summed E-state index contributed by atoms with van der Waals surface area (Å²) in [5.74, 6) is 0.513. The second kappa shape index (κ2) is 8.95. The average Bonchev–Trinajstić information content (AvgIpc) is 3.52. The molecule has 5 aromatic carbocycles. The summed E-state index contributed by atoms with van der Waals surface area (Å²) < 4.78 is 2.37. The van der Waals surface area contributed by atoms with E-state index in [0.29, 0.717) is 11.5 Å². The highest BCUT2D eigenvalue weighted by Gasteiger charge is 2.47. The van der Waals surface area contributed by atoms with Crippen molar-refractivity contribution in [2.75, 3.05) is 0 Å². The monoisotopic (exact) mass is 524 g/mol. The van der Waals surface area contributed by atoms with E-state index < -0.39 is 5.41 Å². The first-order chi connectivity index (χ1) is 20.2. The number of allylic oxidation sites excluding steroid dienone is 4. The van der Waals surface area contributed by atoms with Gasteiger partial charge in [0.15, 0.2) is 0 Å². The molecule has 0 saturated heterocycles. The molecule has 0 bridgehead atoms. The van der Waals surface area contributed by atoms with E-state index >= 15 is 0 Å². The molecule has 194 valence electrons. The summed E-state index contributed by atoms with van der Waals surface area (Å²) in [6.07, 6.45) is 8.14. The van der Waals surface area contributed by atoms with Gasteiger partial charge in [-0.15, -0.1) is 0 Å². The molecule has 0 fully saturated rings. The first-order valence-electron chi connectivity index (χ1n) is 14.3. The highest BCUT2D eigenvalue weighted by molar-refractivity contribution is 6.10. The van der Waals surface area contributed by atoms with Gasteiger partial charge in [0.2, 0.25) is 0 Å². The molecule has 41 heavy (non-hydrogen) atoms. The SMILES string of the molecule is CC1C=CC(C2(c3ccc4c(c3)c3ccccc3n4-c3ccccc3)c3ccccc3-c3cc(C#N)ccc32)=CC1. The van der Waals surface area contributed by atoms with Crippen LogP contribution in [0.2, 0.25) is 0 Å². The van der Waals surface area contributed by atoms with Crippen molar-refractivity contribution in [3.05, 3.63) is 161 Å². The number of hydrogen-bond donors (Lipinski definition) is 0. The molecule has 2 aliphatic rings. The van der Waals surface area contributed by atoms with E-state index in [-0.39, 0.29) is 0 Å². The Morgan fingerprint density at radius 2 is 1.49 bits per heavy atom. The molecule has 0 radical (unpaired) electrons. The van der Waals surface area contributed by atoms with Gasteiger partial charge in [0.1, 0.15) is 0 Å². The van der Waals surface area contributed by atoms with Crippen LogP contribution in [0.3, 0.4) is 0 Å². The van der Waals surface area contributed by atoms with Crippen LogP contribution in [0.4, 0.5) is 0 Å². The second-order valence-electron chi connectivity index (χ2n) is 11.3. The van der Waals surface area contributed by atoms with Crippen LogP contribution in [0.1, 0.15) is 35.6 Å². The van der Waals surface area contributed by atoms with Gasteiger partial charge >= 0.3 is 0 Å². The lowest BCUT2D eigenvalue weighted by Crippen LogP contribution is -2.30. The molecule has 0 N–H and O–H groups in total. The number of nitrogens with zero attached hydrogens (tertiary/aromatic N) is 2. The third kappa shape index (κ3) is 3.30. The van der Waals surface area contributed by atoms with Crippen LogP contribution in [0, 0.1) is 17.2 Å². The number of rotatable bonds is 3. The fourth-order valence-electron chi connectivity index (χ4n) is 7.21. The first kappa shape index (κ1) is 23.7. The molecular weight excluding hydrogens is 496 g/mol. The Bertz CT molecular complexity index is 2100. The lowest BCUT2D eigenvalue weighted by atomic mass is 9.65. The van der Waals surface area contributed by atoms with Crippen LogP contribution < -0.4 is 0 Å². The number of nitriles is 1. The van der Waals surface area contributed by atoms with Gasteiger partial charge in [-0.2, -0.15) is 5.26 Å². The largest absolute Gasteiger partial charge is 0.309 e. The fourth-order valence-corrected chi connectivity index (χ4v) is 7.21. The predicted octanol–water partition coefficient (Wildman–Crippen LogP) is 9.49. The van der Waals surface area contributed by atoms with Gasteiger partial charge in [-0.3, -0.25) is 0 Å². The molecule has 2 unspecified atom stereocenters. The zero-order valence-corrected chi connectivity index (χ0v) is 22.9. The molecule has 0 spiro atoms. The van der Waals surface area contributed by atoms with Gasteiger partial charge in [0.25, 0.3) is 0 Å². The van der Waals surface area contributed by atoms with Crippen LogP contribution in [0.25, 0.3) is 38.6 Å². The standard InChI is InChI=1S/C39H28N2/c1-26-15-18-28(19-16-26)39(35-13-7-5-11-31(35)33-23-27(25-40)17-21-36(33)39)29-20-22-38-34(24-29)32-12-6-8-14-37(32)41(38)30-9-3-2-4-10-30/h2-15,17-24,26H,16H2,1H3. The lowest BCUT2D eigenvalue weighted by molar-refractivity contribution is 0.691. The maximum atomic E-state index is 9.78. The van der Waals surface area contributed by atoms with Crippen molar-refractivity contribution in [3.8, 4) is 22.9 Å². The van der Waals surface area contributed by atoms with Gasteiger partial charge in [0.05, 0.1) is 28.1 Å². The predicted molar refractivity (Wildman–Crippen MR) is 168 cm³/mol. The van der Waals surface area contributed by atoms with Crippen LogP contribution in [-0.4, -0.2) is 4.57 Å². The Hall–Kier alpha value is -5.13. The summed E-state index contributed by atoms with van der Waals surface area (Å²) >= 11 is 0. The Labute approximate surface area is 240 Å². The molecule has 6 aromatic rings. The smallest absolute Gasteiger partial charge is 0.0991 e. The minimum atomic E-state index is -0.472. The van der Waals surface area contributed by atoms with Gasteiger partial charge in [-0.05, 0) is 88.2 Å². The van der Waals surface area contributed by atoms with Crippen molar-refractivity contribution in [1.29, 1.82) is 5.26 Å². The highest BCUT2D eigenvalue weighted by atomic mass is 15.0. The number of aromatic nitrogens is 1. The van der Waals surface area contributed by atoms with E-state index in [2.05, 4.69) is 145 Å². The molecule has 2 atom stereocenters. The number of fused-ring (bicyclic) bond motifs is 6. The molecule has 8 rings (SSSR count). The summed E-state index contributed by atoms with van der Waals surface area (Å²) in [6, 6.07) is 43.8. The molecule has 1 heterocycles. The summed E-state index contributed by atoms with van der Waals surface area (Å²) in [5.41, 5.74) is 11.2. The van der Waals surface area contributed by atoms with Crippen molar-refractivity contribution in [2.45, 2.75) is 18.8 Å². The zero-order valence-electron chi connectivity index (χ0n) is 22.9. The average molecular weight is 525 g/mol. The van der Waals surface area contributed by atoms with Crippen LogP contribution in [-0.2, 0) is 5.41 Å². The molecular formula is C39H28N2. The summed E-state index contributed by atoms with van der Waals surface area (Å²) in [4.78, 5) is 0. The Morgan fingerprint density at radius 1 is 0.732 bits per heavy atom. The van der Waals surface area contributed by atoms with E-state index in [1.807, 2.05) is 6.07 Å². The van der Waals surface area contributed by atoms with E-state index in [4.69, 9.17) is 0 Å². The van der Waals surface area contributed by atoms with Crippen LogP contribution in [0.15, 0.2) is 139 Å². The summed E-state index contributed by atoms with van der Waals surface area (Å²) in [5, 5.41) is 12.3. The van der Waals surface area contributed by atoms with E-state index in [9.17, 15) is 5.26 Å². The molecule has 0 amide bonds. The highest BCUT2D eigenvalue weighted by Crippen LogP contribution is 2.57. The van der Waals surface area contributed by atoms with Crippen molar-refractivity contribution < 1.29 is 0 Å². The minimum absolute atomic E-state index is 0.472. The maximum absolute atomic E-state index is 9.78. The van der Waals surface area contributed by atoms with E-state index in [1.54, 1.807) is 0 Å². The number of hydrogen-bond acceptors (Lipinski definition) is 1. The van der Waals surface area contributed by atoms with Gasteiger partial charge in [-0.25, -0.2) is 0 Å². The van der Waals surface area contributed by atoms with Gasteiger partial charge in [-0.1, -0.05) is 97.9 Å². The summed E-state index contributed by atoms with van der Waals surface area (Å²) in [7, 11) is 0. The molecule has 2 heteroatoms. The first-order valence-corrected chi connectivity index (χ1v) is 14.3. The van der Waals surface area contributed by atoms with Crippen molar-refractivity contribution in [2.24, 2.45) is 5.92 Å². The third-order valence-electron chi connectivity index (χ3n) is 9.04. The molecule has 0 aliphatic heterocycles. The topological polar surface area (TPSA) is 28.7 Å². The zero-order chi connectivity index (χ0) is 27.6. The van der Waals surface area contributed by atoms with Gasteiger partial charge in [0, 0.05) is 16.5 Å². The second-order valence-corrected chi connectivity index (χ2v) is 11.3. The van der Waals surface area contributed by atoms with Crippen molar-refractivity contribution in [3.63, 3.8) is 0 Å². The minimum Gasteiger partial charge on any atom is -0.309 e. The molecule has 0 saturated carbocycles. The van der Waals surface area contributed by atoms with Gasteiger partial charge < -0.3 is 4.57 Å². The Kier molecular flexibility index (Phi) is 5.18. The van der Waals surface area contributed by atoms with E-state index in [0.717, 1.165) is 17.7 Å². The van der Waals surface area contributed by atoms with Crippen LogP contribution in [0.5, 0.6) is 0 Å². The Morgan fingerprint density at radius 3 is 2.32 bits per heavy atom. The Balaban J connectivity index is 1.49. The third-order valence-corrected chi connectivity index (χ3v) is 9.04. The van der Waals surface area contributed by atoms with E-state index in [1.165, 1.54) is 49.6 Å². The number of para-hydroxylation sites is 2. The quantitative estimate of drug-likeness (QED) is 0.227. The fraction of sp³-hybridized carbons (Fsp3) is 0.103. The molecule has 1 aromatic heterocycles. The summed E-state index contributed by atoms with van der Waals surface area (Å²) in [6.45, 7) is 2.27. The van der Waals surface area contributed by atoms with Crippen molar-refractivity contribution >= 4 is 21.8 Å². The van der Waals surface area contributed by atoms with Crippen molar-refractivity contribution in [1.82, 2.24) is 4.57 Å².